The van der Waals surface area contributed by atoms with E-state index in [4.69, 9.17) is 9.51 Å². The molecule has 0 saturated carbocycles. The minimum absolute atomic E-state index is 0.0375. The summed E-state index contributed by atoms with van der Waals surface area (Å²) in [5.41, 5.74) is 1.66. The summed E-state index contributed by atoms with van der Waals surface area (Å²) in [6.45, 7) is 11.1. The highest BCUT2D eigenvalue weighted by Crippen LogP contribution is 2.40. The van der Waals surface area contributed by atoms with Gasteiger partial charge in [0.2, 0.25) is 11.8 Å². The Kier molecular flexibility index (Phi) is 7.33. The molecule has 1 aliphatic rings. The van der Waals surface area contributed by atoms with Crippen LogP contribution in [0.5, 0.6) is 0 Å². The first-order chi connectivity index (χ1) is 19.5. The molecule has 4 N–H and O–H groups in total. The number of nitrogens with one attached hydrogen (secondary N) is 2. The van der Waals surface area contributed by atoms with Crippen LogP contribution in [-0.4, -0.2) is 54.3 Å². The Hall–Kier alpha value is -4.61. The van der Waals surface area contributed by atoms with Gasteiger partial charge in [0.1, 0.15) is 17.0 Å². The van der Waals surface area contributed by atoms with Gasteiger partial charge in [0.05, 0.1) is 18.2 Å². The molecule has 212 valence electrons. The van der Waals surface area contributed by atoms with Crippen LogP contribution in [-0.2, 0) is 11.1 Å². The maximum atomic E-state index is 13.0. The van der Waals surface area contributed by atoms with Crippen molar-refractivity contribution in [1.82, 2.24) is 25.0 Å². The summed E-state index contributed by atoms with van der Waals surface area (Å²) in [5.74, 6) is 0.798. The molecule has 0 spiro atoms. The largest absolute Gasteiger partial charge is 0.394 e. The predicted octanol–water partition coefficient (Wildman–Crippen LogP) is 4.52. The Balaban J connectivity index is 1.51. The fraction of sp³-hybridized carbons (Fsp3) is 0.300. The number of fused-ring (bicyclic) bond motifs is 1. The fourth-order valence-electron chi connectivity index (χ4n) is 4.80. The average molecular weight is 556 g/mol. The van der Waals surface area contributed by atoms with Crippen molar-refractivity contribution >= 4 is 23.4 Å². The quantitative estimate of drug-likeness (QED) is 0.206. The molecule has 11 heteroatoms. The Bertz CT molecular complexity index is 1580. The van der Waals surface area contributed by atoms with Crippen LogP contribution >= 0.6 is 0 Å². The van der Waals surface area contributed by atoms with Crippen molar-refractivity contribution < 1.29 is 19.5 Å². The van der Waals surface area contributed by atoms with E-state index in [1.54, 1.807) is 30.9 Å². The van der Waals surface area contributed by atoms with E-state index < -0.39 is 17.2 Å². The molecule has 0 bridgehead atoms. The summed E-state index contributed by atoms with van der Waals surface area (Å²) >= 11 is 0. The fourth-order valence-corrected chi connectivity index (χ4v) is 4.80. The van der Waals surface area contributed by atoms with Gasteiger partial charge in [-0.15, -0.1) is 6.58 Å². The Morgan fingerprint density at radius 3 is 2.56 bits per heavy atom. The van der Waals surface area contributed by atoms with Gasteiger partial charge in [-0.05, 0) is 57.0 Å². The highest BCUT2D eigenvalue weighted by molar-refractivity contribution is 6.00. The van der Waals surface area contributed by atoms with Crippen molar-refractivity contribution in [3.63, 3.8) is 0 Å². The van der Waals surface area contributed by atoms with Gasteiger partial charge >= 0.3 is 0 Å². The highest BCUT2D eigenvalue weighted by atomic mass is 16.5. The number of carbonyl (C=O) groups excluding carboxylic acids is 1. The van der Waals surface area contributed by atoms with Crippen LogP contribution in [0.2, 0.25) is 0 Å². The number of carbonyl (C=O) groups is 1. The van der Waals surface area contributed by atoms with Crippen molar-refractivity contribution in [2.45, 2.75) is 44.9 Å². The second kappa shape index (κ2) is 10.8. The third kappa shape index (κ3) is 5.41. The third-order valence-corrected chi connectivity index (χ3v) is 7.08. The predicted molar refractivity (Wildman–Crippen MR) is 154 cm³/mol. The lowest BCUT2D eigenvalue weighted by Crippen LogP contribution is -2.39. The summed E-state index contributed by atoms with van der Waals surface area (Å²) in [6, 6.07) is 14.5. The molecule has 0 radical (unpaired) electrons. The molecule has 2 aromatic carbocycles. The minimum Gasteiger partial charge on any atom is -0.394 e. The lowest BCUT2D eigenvalue weighted by molar-refractivity contribution is 0.0649. The zero-order valence-electron chi connectivity index (χ0n) is 23.4. The summed E-state index contributed by atoms with van der Waals surface area (Å²) in [5, 5.41) is 30.9. The van der Waals surface area contributed by atoms with E-state index in [2.05, 4.69) is 32.3 Å². The van der Waals surface area contributed by atoms with Gasteiger partial charge in [-0.2, -0.15) is 9.97 Å². The zero-order chi connectivity index (χ0) is 29.4. The van der Waals surface area contributed by atoms with E-state index in [0.29, 0.717) is 29.2 Å². The number of amides is 1. The van der Waals surface area contributed by atoms with Crippen molar-refractivity contribution in [1.29, 1.82) is 0 Å². The number of aromatic nitrogens is 4. The van der Waals surface area contributed by atoms with Crippen molar-refractivity contribution in [2.24, 2.45) is 0 Å². The number of aliphatic hydroxyl groups excluding tert-OH is 1. The molecule has 11 nitrogen and oxygen atoms in total. The van der Waals surface area contributed by atoms with Crippen LogP contribution < -0.4 is 10.6 Å². The van der Waals surface area contributed by atoms with Gasteiger partial charge < -0.3 is 30.3 Å². The van der Waals surface area contributed by atoms with Gasteiger partial charge in [-0.1, -0.05) is 41.6 Å². The third-order valence-electron chi connectivity index (χ3n) is 7.08. The van der Waals surface area contributed by atoms with E-state index in [0.717, 1.165) is 11.1 Å². The van der Waals surface area contributed by atoms with Crippen LogP contribution in [0.15, 0.2) is 71.9 Å². The smallest absolute Gasteiger partial charge is 0.263 e. The number of hydrogen-bond acceptors (Lipinski definition) is 10. The molecule has 0 aliphatic carbocycles. The van der Waals surface area contributed by atoms with Gasteiger partial charge in [0, 0.05) is 24.0 Å². The second-order valence-corrected chi connectivity index (χ2v) is 10.9. The van der Waals surface area contributed by atoms with Crippen molar-refractivity contribution in [3.8, 4) is 11.5 Å². The number of hydrogen-bond donors (Lipinski definition) is 4. The summed E-state index contributed by atoms with van der Waals surface area (Å²) in [6.07, 6.45) is 3.25. The van der Waals surface area contributed by atoms with Crippen LogP contribution in [0, 0.1) is 0 Å². The Labute approximate surface area is 238 Å². The topological polar surface area (TPSA) is 150 Å². The average Bonchev–Trinajstić information content (AvgIpc) is 3.51. The lowest BCUT2D eigenvalue weighted by atomic mass is 9.93. The van der Waals surface area contributed by atoms with Crippen LogP contribution in [0.4, 0.5) is 17.5 Å². The minimum atomic E-state index is -1.31. The van der Waals surface area contributed by atoms with Gasteiger partial charge in [0.15, 0.2) is 0 Å². The van der Waals surface area contributed by atoms with Crippen molar-refractivity contribution in [3.05, 3.63) is 89.9 Å². The molecule has 0 unspecified atom stereocenters. The SMILES string of the molecule is C=CCN1C(=O)c2ccc(Nc3ncc(-c4nc(C(C)(C)O)no4)c(N[C@H](CO)c4ccccc4)n3)cc2C1(C)C. The first kappa shape index (κ1) is 27.9. The molecule has 1 amide bonds. The first-order valence-electron chi connectivity index (χ1n) is 13.2. The number of nitrogens with zero attached hydrogens (tertiary/aromatic N) is 5. The number of anilines is 3. The summed E-state index contributed by atoms with van der Waals surface area (Å²) in [4.78, 5) is 28.3. The van der Waals surface area contributed by atoms with Gasteiger partial charge in [-0.3, -0.25) is 4.79 Å². The highest BCUT2D eigenvalue weighted by Gasteiger charge is 2.42. The zero-order valence-corrected chi connectivity index (χ0v) is 23.4. The maximum absolute atomic E-state index is 13.0. The van der Waals surface area contributed by atoms with E-state index in [9.17, 15) is 15.0 Å². The first-order valence-corrected chi connectivity index (χ1v) is 13.2. The van der Waals surface area contributed by atoms with E-state index in [-0.39, 0.29) is 30.2 Å². The Morgan fingerprint density at radius 2 is 1.90 bits per heavy atom. The van der Waals surface area contributed by atoms with Crippen molar-refractivity contribution in [2.75, 3.05) is 23.8 Å². The van der Waals surface area contributed by atoms with Crippen LogP contribution in [0.25, 0.3) is 11.5 Å². The van der Waals surface area contributed by atoms with E-state index >= 15 is 0 Å². The molecule has 41 heavy (non-hydrogen) atoms. The van der Waals surface area contributed by atoms with Crippen LogP contribution in [0.1, 0.15) is 61.0 Å². The monoisotopic (exact) mass is 555 g/mol. The normalized spacial score (nSPS) is 15.0. The molecule has 2 aromatic heterocycles. The van der Waals surface area contributed by atoms with Gasteiger partial charge in [-0.25, -0.2) is 4.98 Å². The molecule has 3 heterocycles. The molecular formula is C30H33N7O4. The maximum Gasteiger partial charge on any atom is 0.263 e. The lowest BCUT2D eigenvalue weighted by Gasteiger charge is -2.31. The molecule has 0 saturated heterocycles. The molecule has 0 fully saturated rings. The van der Waals surface area contributed by atoms with Gasteiger partial charge in [0.25, 0.3) is 11.8 Å². The molecule has 1 atom stereocenters. The second-order valence-electron chi connectivity index (χ2n) is 10.9. The molecule has 5 rings (SSSR count). The molecule has 1 aliphatic heterocycles. The van der Waals surface area contributed by atoms with E-state index in [1.807, 2.05) is 56.3 Å². The molecular weight excluding hydrogens is 522 g/mol. The van der Waals surface area contributed by atoms with Crippen LogP contribution in [0.3, 0.4) is 0 Å². The summed E-state index contributed by atoms with van der Waals surface area (Å²) < 4.78 is 5.44. The number of aliphatic hydroxyl groups is 2. The number of rotatable bonds is 10. The van der Waals surface area contributed by atoms with E-state index in [1.165, 1.54) is 6.20 Å². The number of benzene rings is 2. The summed E-state index contributed by atoms with van der Waals surface area (Å²) in [7, 11) is 0. The Morgan fingerprint density at radius 1 is 1.15 bits per heavy atom. The standard InChI is InChI=1S/C30H33N7O4/c1-6-14-37-26(39)20-13-12-19(15-22(20)29(37,2)3)32-28-31-16-21(25-35-27(36-41-25)30(4,5)40)24(34-28)33-23(17-38)18-10-8-7-9-11-18/h6-13,15-16,23,38,40H,1,14,17H2,2-5H3,(H2,31,32,33,34)/t23-/m1/s1. The molecule has 4 aromatic rings.